The summed E-state index contributed by atoms with van der Waals surface area (Å²) >= 11 is 13.7. The molecule has 3 aromatic rings. The van der Waals surface area contributed by atoms with Crippen LogP contribution < -0.4 is 4.74 Å². The Morgan fingerprint density at radius 1 is 1.16 bits per heavy atom. The summed E-state index contributed by atoms with van der Waals surface area (Å²) in [5, 5.41) is 3.67. The molecule has 0 aliphatic carbocycles. The van der Waals surface area contributed by atoms with E-state index in [0.29, 0.717) is 16.0 Å². The van der Waals surface area contributed by atoms with Crippen molar-refractivity contribution in [1.82, 2.24) is 9.97 Å². The molecule has 0 aliphatic rings. The van der Waals surface area contributed by atoms with Crippen molar-refractivity contribution < 1.29 is 4.74 Å². The monoisotopic (exact) mass is 310 g/mol. The first-order valence-electron chi connectivity index (χ1n) is 5.43. The number of nitrogens with zero attached hydrogens (tertiary/aromatic N) is 2. The fourth-order valence-electron chi connectivity index (χ4n) is 1.79. The number of ether oxygens (including phenoxy) is 1. The first-order chi connectivity index (χ1) is 9.19. The van der Waals surface area contributed by atoms with E-state index in [0.717, 1.165) is 21.5 Å². The number of methoxy groups -OCH3 is 1. The molecule has 0 unspecified atom stereocenters. The summed E-state index contributed by atoms with van der Waals surface area (Å²) < 4.78 is 5.28. The van der Waals surface area contributed by atoms with Gasteiger partial charge in [0.05, 0.1) is 12.6 Å². The van der Waals surface area contributed by atoms with Crippen LogP contribution in [0.25, 0.3) is 21.6 Å². The molecule has 0 aliphatic heterocycles. The minimum absolute atomic E-state index is 0.387. The lowest BCUT2D eigenvalue weighted by Crippen LogP contribution is -1.92. The summed E-state index contributed by atoms with van der Waals surface area (Å²) in [6.07, 6.45) is 0. The molecule has 0 bridgehead atoms. The van der Waals surface area contributed by atoms with E-state index in [2.05, 4.69) is 9.97 Å². The number of aromatic nitrogens is 2. The number of rotatable bonds is 2. The van der Waals surface area contributed by atoms with Gasteiger partial charge in [-0.25, -0.2) is 9.97 Å². The maximum Gasteiger partial charge on any atom is 0.175 e. The van der Waals surface area contributed by atoms with E-state index >= 15 is 0 Å². The van der Waals surface area contributed by atoms with E-state index in [1.165, 1.54) is 11.3 Å². The summed E-state index contributed by atoms with van der Waals surface area (Å²) in [6, 6.07) is 7.25. The van der Waals surface area contributed by atoms with Crippen molar-refractivity contribution >= 4 is 45.4 Å². The molecule has 2 heterocycles. The normalized spacial score (nSPS) is 10.9. The zero-order chi connectivity index (χ0) is 13.4. The largest absolute Gasteiger partial charge is 0.495 e. The van der Waals surface area contributed by atoms with Gasteiger partial charge in [0, 0.05) is 10.4 Å². The fourth-order valence-corrected chi connectivity index (χ4v) is 2.98. The minimum Gasteiger partial charge on any atom is -0.495 e. The average Bonchev–Trinajstić information content (AvgIpc) is 2.87. The Bertz CT molecular complexity index is 757. The van der Waals surface area contributed by atoms with E-state index in [9.17, 15) is 0 Å². The van der Waals surface area contributed by atoms with Crippen LogP contribution in [-0.4, -0.2) is 17.1 Å². The second-order valence-corrected chi connectivity index (χ2v) is 5.53. The van der Waals surface area contributed by atoms with Gasteiger partial charge in [0.15, 0.2) is 5.82 Å². The highest BCUT2D eigenvalue weighted by atomic mass is 35.5. The number of hydrogen-bond acceptors (Lipinski definition) is 4. The lowest BCUT2D eigenvalue weighted by atomic mass is 10.2. The highest BCUT2D eigenvalue weighted by Gasteiger charge is 2.13. The summed E-state index contributed by atoms with van der Waals surface area (Å²) in [6.45, 7) is 0. The van der Waals surface area contributed by atoms with E-state index in [-0.39, 0.29) is 0 Å². The number of benzene rings is 1. The van der Waals surface area contributed by atoms with Crippen molar-refractivity contribution in [3.05, 3.63) is 39.8 Å². The van der Waals surface area contributed by atoms with Crippen LogP contribution >= 0.6 is 34.5 Å². The second-order valence-electron chi connectivity index (χ2n) is 3.82. The average molecular weight is 311 g/mol. The summed E-state index contributed by atoms with van der Waals surface area (Å²) in [7, 11) is 1.62. The minimum atomic E-state index is 0.387. The molecule has 19 heavy (non-hydrogen) atoms. The molecule has 0 fully saturated rings. The van der Waals surface area contributed by atoms with E-state index in [1.807, 2.05) is 17.5 Å². The number of thiophene rings is 1. The van der Waals surface area contributed by atoms with Gasteiger partial charge in [-0.05, 0) is 29.6 Å². The smallest absolute Gasteiger partial charge is 0.175 e. The molecular formula is C13H8Cl2N2OS. The molecule has 6 heteroatoms. The molecular weight excluding hydrogens is 303 g/mol. The van der Waals surface area contributed by atoms with Gasteiger partial charge < -0.3 is 4.74 Å². The first kappa shape index (κ1) is 12.7. The van der Waals surface area contributed by atoms with Crippen molar-refractivity contribution in [1.29, 1.82) is 0 Å². The number of halogens is 2. The Kier molecular flexibility index (Phi) is 3.31. The Balaban J connectivity index is 2.24. The van der Waals surface area contributed by atoms with Crippen LogP contribution in [0.1, 0.15) is 0 Å². The van der Waals surface area contributed by atoms with Crippen LogP contribution in [0.15, 0.2) is 29.6 Å². The molecule has 96 valence electrons. The second kappa shape index (κ2) is 4.96. The Morgan fingerprint density at radius 3 is 2.79 bits per heavy atom. The van der Waals surface area contributed by atoms with Crippen LogP contribution in [-0.2, 0) is 0 Å². The van der Waals surface area contributed by atoms with Gasteiger partial charge in [-0.15, -0.1) is 11.3 Å². The molecule has 2 aromatic heterocycles. The third-order valence-electron chi connectivity index (χ3n) is 2.66. The van der Waals surface area contributed by atoms with Crippen molar-refractivity contribution in [2.45, 2.75) is 0 Å². The summed E-state index contributed by atoms with van der Waals surface area (Å²) in [4.78, 5) is 9.69. The van der Waals surface area contributed by atoms with Gasteiger partial charge in [-0.2, -0.15) is 0 Å². The van der Waals surface area contributed by atoms with Crippen LogP contribution in [0, 0.1) is 0 Å². The van der Waals surface area contributed by atoms with Crippen molar-refractivity contribution in [2.75, 3.05) is 7.11 Å². The van der Waals surface area contributed by atoms with Gasteiger partial charge in [0.2, 0.25) is 0 Å². The third kappa shape index (κ3) is 2.27. The Labute approximate surface area is 123 Å². The first-order valence-corrected chi connectivity index (χ1v) is 7.07. The van der Waals surface area contributed by atoms with Gasteiger partial charge >= 0.3 is 0 Å². The van der Waals surface area contributed by atoms with Gasteiger partial charge in [-0.3, -0.25) is 0 Å². The SMILES string of the molecule is COc1ccsc1-c1nc(Cl)c2cc(Cl)ccc2n1. The molecule has 0 saturated heterocycles. The highest BCUT2D eigenvalue weighted by molar-refractivity contribution is 7.13. The number of hydrogen-bond donors (Lipinski definition) is 0. The summed E-state index contributed by atoms with van der Waals surface area (Å²) in [5.41, 5.74) is 0.759. The molecule has 0 atom stereocenters. The molecule has 0 spiro atoms. The molecule has 0 saturated carbocycles. The summed E-state index contributed by atoms with van der Waals surface area (Å²) in [5.74, 6) is 1.31. The zero-order valence-electron chi connectivity index (χ0n) is 9.85. The lowest BCUT2D eigenvalue weighted by molar-refractivity contribution is 0.418. The Morgan fingerprint density at radius 2 is 2.00 bits per heavy atom. The highest BCUT2D eigenvalue weighted by Crippen LogP contribution is 2.35. The molecule has 3 rings (SSSR count). The third-order valence-corrected chi connectivity index (χ3v) is 4.08. The quantitative estimate of drug-likeness (QED) is 0.645. The van der Waals surface area contributed by atoms with Crippen molar-refractivity contribution in [2.24, 2.45) is 0 Å². The van der Waals surface area contributed by atoms with Gasteiger partial charge in [0.25, 0.3) is 0 Å². The van der Waals surface area contributed by atoms with Gasteiger partial charge in [0.1, 0.15) is 15.8 Å². The molecule has 0 N–H and O–H groups in total. The van der Waals surface area contributed by atoms with E-state index < -0.39 is 0 Å². The molecule has 0 radical (unpaired) electrons. The fraction of sp³-hybridized carbons (Fsp3) is 0.0769. The predicted octanol–water partition coefficient (Wildman–Crippen LogP) is 4.67. The zero-order valence-corrected chi connectivity index (χ0v) is 12.2. The van der Waals surface area contributed by atoms with Crippen LogP contribution in [0.3, 0.4) is 0 Å². The maximum atomic E-state index is 6.20. The van der Waals surface area contributed by atoms with Crippen molar-refractivity contribution in [3.8, 4) is 16.5 Å². The van der Waals surface area contributed by atoms with Gasteiger partial charge in [-0.1, -0.05) is 23.2 Å². The Hall–Kier alpha value is -1.36. The topological polar surface area (TPSA) is 35.0 Å². The molecule has 0 amide bonds. The van der Waals surface area contributed by atoms with E-state index in [1.54, 1.807) is 19.2 Å². The molecule has 1 aromatic carbocycles. The number of fused-ring (bicyclic) bond motifs is 1. The van der Waals surface area contributed by atoms with E-state index in [4.69, 9.17) is 27.9 Å². The lowest BCUT2D eigenvalue weighted by Gasteiger charge is -2.05. The maximum absolute atomic E-state index is 6.20. The molecule has 3 nitrogen and oxygen atoms in total. The van der Waals surface area contributed by atoms with Crippen LogP contribution in [0.4, 0.5) is 0 Å². The van der Waals surface area contributed by atoms with Crippen LogP contribution in [0.2, 0.25) is 10.2 Å². The standard InChI is InChI=1S/C13H8Cl2N2OS/c1-18-10-4-5-19-11(10)13-16-9-3-2-7(14)6-8(9)12(15)17-13/h2-6H,1H3. The predicted molar refractivity (Wildman–Crippen MR) is 79.4 cm³/mol. The van der Waals surface area contributed by atoms with Crippen molar-refractivity contribution in [3.63, 3.8) is 0 Å². The van der Waals surface area contributed by atoms with Crippen LogP contribution in [0.5, 0.6) is 5.75 Å².